The van der Waals surface area contributed by atoms with Gasteiger partial charge in [-0.3, -0.25) is 14.4 Å². The molecule has 0 spiro atoms. The molecule has 2 aliphatic heterocycles. The Morgan fingerprint density at radius 2 is 2.05 bits per heavy atom. The zero-order chi connectivity index (χ0) is 27.8. The number of para-hydroxylation sites is 1. The van der Waals surface area contributed by atoms with Crippen molar-refractivity contribution in [3.63, 3.8) is 0 Å². The Kier molecular flexibility index (Phi) is 7.07. The standard InChI is InChI=1S/C27H31F2N9O2/c1-37-14-21(26(36-37)40-2)34-27-32-12-19(29)23(35-27)18-11-31-24-17(18)4-3-5-20(24)33-25(39)22-10-15(28)13-38(22)16-6-8-30-9-7-16/h3-5,11-12,14-16,22,30-31H,6-10,13H2,1-2H3,(H,33,39)(H,32,34,35). The molecule has 1 aromatic carbocycles. The summed E-state index contributed by atoms with van der Waals surface area (Å²) in [6, 6.07) is 5.02. The lowest BCUT2D eigenvalue weighted by atomic mass is 10.0. The highest BCUT2D eigenvalue weighted by molar-refractivity contribution is 6.06. The van der Waals surface area contributed by atoms with Gasteiger partial charge in [-0.2, -0.15) is 0 Å². The van der Waals surface area contributed by atoms with E-state index in [0.717, 1.165) is 32.1 Å². The van der Waals surface area contributed by atoms with E-state index in [2.05, 4.69) is 36.0 Å². The molecule has 6 rings (SSSR count). The number of likely N-dealkylation sites (tertiary alicyclic amines) is 1. The van der Waals surface area contributed by atoms with Gasteiger partial charge in [0.25, 0.3) is 5.88 Å². The lowest BCUT2D eigenvalue weighted by molar-refractivity contribution is -0.121. The third-order valence-electron chi connectivity index (χ3n) is 7.58. The van der Waals surface area contributed by atoms with Crippen LogP contribution in [0.25, 0.3) is 22.2 Å². The molecular weight excluding hydrogens is 520 g/mol. The van der Waals surface area contributed by atoms with Crippen molar-refractivity contribution in [2.75, 3.05) is 37.4 Å². The first-order chi connectivity index (χ1) is 19.4. The van der Waals surface area contributed by atoms with Crippen molar-refractivity contribution >= 4 is 34.1 Å². The minimum absolute atomic E-state index is 0.0863. The second-order valence-corrected chi connectivity index (χ2v) is 10.2. The molecule has 0 aliphatic carbocycles. The first-order valence-electron chi connectivity index (χ1n) is 13.3. The Morgan fingerprint density at radius 3 is 2.85 bits per heavy atom. The minimum atomic E-state index is -1.03. The van der Waals surface area contributed by atoms with E-state index in [1.165, 1.54) is 7.11 Å². The Balaban J connectivity index is 1.26. The number of hydrogen-bond acceptors (Lipinski definition) is 8. The molecule has 11 nitrogen and oxygen atoms in total. The first-order valence-corrected chi connectivity index (χ1v) is 13.3. The van der Waals surface area contributed by atoms with Gasteiger partial charge in [0.1, 0.15) is 17.6 Å². The van der Waals surface area contributed by atoms with E-state index in [-0.39, 0.29) is 36.6 Å². The highest BCUT2D eigenvalue weighted by atomic mass is 19.1. The molecule has 3 aromatic heterocycles. The van der Waals surface area contributed by atoms with Crippen LogP contribution in [-0.4, -0.2) is 80.5 Å². The summed E-state index contributed by atoms with van der Waals surface area (Å²) >= 11 is 0. The van der Waals surface area contributed by atoms with Gasteiger partial charge < -0.3 is 25.7 Å². The van der Waals surface area contributed by atoms with E-state index < -0.39 is 18.0 Å². The number of rotatable bonds is 7. The summed E-state index contributed by atoms with van der Waals surface area (Å²) in [5.74, 6) is -0.324. The third-order valence-corrected chi connectivity index (χ3v) is 7.58. The summed E-state index contributed by atoms with van der Waals surface area (Å²) in [5.41, 5.74) is 2.29. The number of aryl methyl sites for hydroxylation is 1. The number of anilines is 3. The van der Waals surface area contributed by atoms with E-state index in [4.69, 9.17) is 4.74 Å². The quantitative estimate of drug-likeness (QED) is 0.276. The second kappa shape index (κ2) is 10.8. The normalized spacial score (nSPS) is 20.2. The Hall–Kier alpha value is -4.10. The molecule has 40 heavy (non-hydrogen) atoms. The van der Waals surface area contributed by atoms with Crippen LogP contribution in [0.4, 0.5) is 26.1 Å². The average molecular weight is 552 g/mol. The van der Waals surface area contributed by atoms with Crippen molar-refractivity contribution in [2.45, 2.75) is 37.5 Å². The summed E-state index contributed by atoms with van der Waals surface area (Å²) in [6.07, 6.45) is 5.37. The largest absolute Gasteiger partial charge is 0.478 e. The molecule has 0 radical (unpaired) electrons. The molecule has 13 heteroatoms. The van der Waals surface area contributed by atoms with Crippen LogP contribution in [0, 0.1) is 5.82 Å². The maximum Gasteiger partial charge on any atom is 0.256 e. The molecule has 2 aliphatic rings. The van der Waals surface area contributed by atoms with Gasteiger partial charge >= 0.3 is 0 Å². The molecular formula is C27H31F2N9O2. The number of piperidine rings is 1. The van der Waals surface area contributed by atoms with Crippen LogP contribution in [-0.2, 0) is 11.8 Å². The van der Waals surface area contributed by atoms with Gasteiger partial charge in [-0.15, -0.1) is 5.10 Å². The van der Waals surface area contributed by atoms with Crippen LogP contribution >= 0.6 is 0 Å². The number of benzene rings is 1. The van der Waals surface area contributed by atoms with Gasteiger partial charge in [-0.25, -0.2) is 18.7 Å². The fraction of sp³-hybridized carbons (Fsp3) is 0.407. The summed E-state index contributed by atoms with van der Waals surface area (Å²) in [7, 11) is 3.25. The van der Waals surface area contributed by atoms with Gasteiger partial charge in [0.2, 0.25) is 11.9 Å². The van der Waals surface area contributed by atoms with Crippen LogP contribution in [0.15, 0.2) is 36.8 Å². The molecule has 0 bridgehead atoms. The SMILES string of the molecule is COc1nn(C)cc1Nc1ncc(F)c(-c2c[nH]c3c(NC(=O)C4CC(F)CN4C4CCNCC4)cccc23)n1. The topological polar surface area (TPSA) is 125 Å². The number of methoxy groups -OCH3 is 1. The fourth-order valence-electron chi connectivity index (χ4n) is 5.72. The van der Waals surface area contributed by atoms with Crippen LogP contribution in [0.1, 0.15) is 19.3 Å². The van der Waals surface area contributed by atoms with E-state index >= 15 is 0 Å². The van der Waals surface area contributed by atoms with Crippen molar-refractivity contribution in [3.8, 4) is 17.1 Å². The number of aromatic amines is 1. The molecule has 2 unspecified atom stereocenters. The van der Waals surface area contributed by atoms with Crippen LogP contribution < -0.4 is 20.7 Å². The van der Waals surface area contributed by atoms with Gasteiger partial charge in [0.15, 0.2) is 5.82 Å². The number of ether oxygens (including phenoxy) is 1. The molecule has 5 heterocycles. The molecule has 2 atom stereocenters. The zero-order valence-corrected chi connectivity index (χ0v) is 22.2. The van der Waals surface area contributed by atoms with Crippen molar-refractivity contribution in [2.24, 2.45) is 7.05 Å². The molecule has 4 N–H and O–H groups in total. The Labute approximate surface area is 229 Å². The number of amides is 1. The second-order valence-electron chi connectivity index (χ2n) is 10.2. The van der Waals surface area contributed by atoms with Gasteiger partial charge in [-0.05, 0) is 32.0 Å². The number of carbonyl (C=O) groups is 1. The predicted molar refractivity (Wildman–Crippen MR) is 147 cm³/mol. The zero-order valence-electron chi connectivity index (χ0n) is 22.2. The van der Waals surface area contributed by atoms with Crippen LogP contribution in [0.2, 0.25) is 0 Å². The number of nitrogens with zero attached hydrogens (tertiary/aromatic N) is 5. The van der Waals surface area contributed by atoms with Crippen molar-refractivity contribution in [1.29, 1.82) is 0 Å². The number of halogens is 2. The average Bonchev–Trinajstić information content (AvgIpc) is 3.67. The summed E-state index contributed by atoms with van der Waals surface area (Å²) in [6.45, 7) is 2.00. The van der Waals surface area contributed by atoms with E-state index in [1.54, 1.807) is 36.3 Å². The van der Waals surface area contributed by atoms with E-state index in [9.17, 15) is 13.6 Å². The number of nitrogens with one attached hydrogen (secondary N) is 4. The molecule has 0 saturated carbocycles. The highest BCUT2D eigenvalue weighted by Gasteiger charge is 2.41. The first kappa shape index (κ1) is 26.1. The summed E-state index contributed by atoms with van der Waals surface area (Å²) in [4.78, 5) is 27.1. The Bertz CT molecular complexity index is 1530. The summed E-state index contributed by atoms with van der Waals surface area (Å²) < 4.78 is 36.3. The predicted octanol–water partition coefficient (Wildman–Crippen LogP) is 3.35. The molecule has 1 amide bonds. The Morgan fingerprint density at radius 1 is 1.23 bits per heavy atom. The van der Waals surface area contributed by atoms with Gasteiger partial charge in [-0.1, -0.05) is 12.1 Å². The molecule has 2 fully saturated rings. The lowest BCUT2D eigenvalue weighted by Gasteiger charge is -2.34. The fourth-order valence-corrected chi connectivity index (χ4v) is 5.72. The van der Waals surface area contributed by atoms with Crippen molar-refractivity contribution in [3.05, 3.63) is 42.6 Å². The number of carbonyl (C=O) groups excluding carboxylic acids is 1. The van der Waals surface area contributed by atoms with Crippen molar-refractivity contribution < 1.29 is 18.3 Å². The number of H-pyrrole nitrogens is 1. The number of fused-ring (bicyclic) bond motifs is 1. The van der Waals surface area contributed by atoms with Gasteiger partial charge in [0.05, 0.1) is 36.7 Å². The lowest BCUT2D eigenvalue weighted by Crippen LogP contribution is -2.49. The van der Waals surface area contributed by atoms with Gasteiger partial charge in [0, 0.05) is 43.2 Å². The molecule has 4 aromatic rings. The number of alkyl halides is 1. The van der Waals surface area contributed by atoms with Crippen LogP contribution in [0.5, 0.6) is 5.88 Å². The number of aromatic nitrogens is 5. The summed E-state index contributed by atoms with van der Waals surface area (Å²) in [5, 5.41) is 14.2. The van der Waals surface area contributed by atoms with E-state index in [1.807, 2.05) is 11.0 Å². The highest BCUT2D eigenvalue weighted by Crippen LogP contribution is 2.35. The third kappa shape index (κ3) is 4.97. The molecule has 210 valence electrons. The maximum absolute atomic E-state index is 15.0. The molecule has 2 saturated heterocycles. The minimum Gasteiger partial charge on any atom is -0.478 e. The smallest absolute Gasteiger partial charge is 0.256 e. The van der Waals surface area contributed by atoms with Crippen LogP contribution in [0.3, 0.4) is 0 Å². The van der Waals surface area contributed by atoms with Crippen molar-refractivity contribution in [1.82, 2.24) is 34.9 Å². The number of hydrogen-bond donors (Lipinski definition) is 4. The van der Waals surface area contributed by atoms with E-state index in [0.29, 0.717) is 33.7 Å². The monoisotopic (exact) mass is 551 g/mol. The maximum atomic E-state index is 15.0.